The molecule has 0 amide bonds. The maximum Gasteiger partial charge on any atom is 0.112 e. The van der Waals surface area contributed by atoms with E-state index in [4.69, 9.17) is 5.11 Å². The highest BCUT2D eigenvalue weighted by Crippen LogP contribution is 2.10. The third-order valence-corrected chi connectivity index (χ3v) is 1.79. The Balaban J connectivity index is 3.94. The molecule has 0 aromatic heterocycles. The zero-order valence-corrected chi connectivity index (χ0v) is 7.13. The zero-order chi connectivity index (χ0) is 8.36. The first kappa shape index (κ1) is 9.88. The third-order valence-electron chi connectivity index (χ3n) is 1.79. The minimum Gasteiger partial charge on any atom is -0.395 e. The number of rotatable bonds is 3. The van der Waals surface area contributed by atoms with Crippen LogP contribution < -0.4 is 0 Å². The fourth-order valence-electron chi connectivity index (χ4n) is 0.662. The van der Waals surface area contributed by atoms with E-state index in [0.29, 0.717) is 0 Å². The van der Waals surface area contributed by atoms with E-state index < -0.39 is 5.72 Å². The second-order valence-electron chi connectivity index (χ2n) is 3.14. The predicted octanol–water partition coefficient (Wildman–Crippen LogP) is 0.0274. The molecule has 0 aromatic rings. The molecule has 0 aliphatic rings. The van der Waals surface area contributed by atoms with Crippen LogP contribution in [0.4, 0.5) is 0 Å². The molecular weight excluding hydrogens is 130 g/mol. The summed E-state index contributed by atoms with van der Waals surface area (Å²) in [5, 5.41) is 18.1. The summed E-state index contributed by atoms with van der Waals surface area (Å²) in [5.74, 6) is 0. The van der Waals surface area contributed by atoms with Gasteiger partial charge in [-0.15, -0.1) is 0 Å². The second-order valence-corrected chi connectivity index (χ2v) is 3.14. The Bertz CT molecular complexity index is 98.3. The van der Waals surface area contributed by atoms with Gasteiger partial charge in [0.25, 0.3) is 0 Å². The van der Waals surface area contributed by atoms with Crippen LogP contribution in [0.25, 0.3) is 0 Å². The van der Waals surface area contributed by atoms with Crippen molar-refractivity contribution in [3.8, 4) is 0 Å². The molecule has 0 saturated carbocycles. The number of hydrogen-bond acceptors (Lipinski definition) is 3. The monoisotopic (exact) mass is 147 g/mol. The molecule has 0 spiro atoms. The lowest BCUT2D eigenvalue weighted by Gasteiger charge is -2.34. The van der Waals surface area contributed by atoms with Gasteiger partial charge in [0, 0.05) is 6.04 Å². The highest BCUT2D eigenvalue weighted by atomic mass is 16.3. The first-order chi connectivity index (χ1) is 4.39. The molecular formula is C7H17NO2. The van der Waals surface area contributed by atoms with E-state index >= 15 is 0 Å². The van der Waals surface area contributed by atoms with Gasteiger partial charge < -0.3 is 10.2 Å². The Kier molecular flexibility index (Phi) is 3.28. The number of aliphatic hydroxyl groups is 2. The second kappa shape index (κ2) is 3.32. The maximum atomic E-state index is 9.40. The molecule has 1 unspecified atom stereocenters. The van der Waals surface area contributed by atoms with Crippen molar-refractivity contribution in [2.24, 2.45) is 0 Å². The van der Waals surface area contributed by atoms with Crippen molar-refractivity contribution in [3.05, 3.63) is 0 Å². The lowest BCUT2D eigenvalue weighted by atomic mass is 10.2. The third kappa shape index (κ3) is 2.64. The van der Waals surface area contributed by atoms with Crippen molar-refractivity contribution in [2.75, 3.05) is 13.7 Å². The Labute approximate surface area is 62.3 Å². The Morgan fingerprint density at radius 2 is 1.90 bits per heavy atom. The first-order valence-corrected chi connectivity index (χ1v) is 3.45. The first-order valence-electron chi connectivity index (χ1n) is 3.45. The summed E-state index contributed by atoms with van der Waals surface area (Å²) in [6.07, 6.45) is 0. The van der Waals surface area contributed by atoms with Crippen molar-refractivity contribution in [2.45, 2.75) is 32.5 Å². The largest absolute Gasteiger partial charge is 0.395 e. The van der Waals surface area contributed by atoms with Crippen LogP contribution in [0.5, 0.6) is 0 Å². The molecule has 0 radical (unpaired) electrons. The van der Waals surface area contributed by atoms with Crippen LogP contribution in [0, 0.1) is 0 Å². The van der Waals surface area contributed by atoms with E-state index in [-0.39, 0.29) is 12.6 Å². The smallest absolute Gasteiger partial charge is 0.112 e. The molecule has 0 aliphatic carbocycles. The molecule has 0 aromatic carbocycles. The molecule has 2 N–H and O–H groups in total. The van der Waals surface area contributed by atoms with Crippen LogP contribution in [0.1, 0.15) is 20.8 Å². The van der Waals surface area contributed by atoms with E-state index in [1.54, 1.807) is 25.8 Å². The minimum absolute atomic E-state index is 0.000000000000000222. The number of likely N-dealkylation sites (N-methyl/N-ethyl adjacent to an activating group) is 1. The minimum atomic E-state index is -0.845. The average Bonchev–Trinajstić information content (AvgIpc) is 1.83. The number of aliphatic hydroxyl groups excluding tert-OH is 1. The fourth-order valence-corrected chi connectivity index (χ4v) is 0.662. The van der Waals surface area contributed by atoms with Crippen LogP contribution in [0.3, 0.4) is 0 Å². The van der Waals surface area contributed by atoms with Crippen molar-refractivity contribution < 1.29 is 10.2 Å². The van der Waals surface area contributed by atoms with Gasteiger partial charge >= 0.3 is 0 Å². The summed E-state index contributed by atoms with van der Waals surface area (Å²) in [7, 11) is 1.78. The summed E-state index contributed by atoms with van der Waals surface area (Å²) >= 11 is 0. The molecule has 10 heavy (non-hydrogen) atoms. The van der Waals surface area contributed by atoms with Gasteiger partial charge in [0.15, 0.2) is 0 Å². The number of hydrogen-bond donors (Lipinski definition) is 2. The van der Waals surface area contributed by atoms with Crippen LogP contribution >= 0.6 is 0 Å². The summed E-state index contributed by atoms with van der Waals surface area (Å²) < 4.78 is 0. The number of nitrogens with zero attached hydrogens (tertiary/aromatic N) is 1. The Morgan fingerprint density at radius 1 is 1.50 bits per heavy atom. The van der Waals surface area contributed by atoms with Gasteiger partial charge in [0.1, 0.15) is 5.72 Å². The summed E-state index contributed by atoms with van der Waals surface area (Å²) in [4.78, 5) is 1.72. The zero-order valence-electron chi connectivity index (χ0n) is 7.13. The van der Waals surface area contributed by atoms with Gasteiger partial charge in [-0.25, -0.2) is 0 Å². The summed E-state index contributed by atoms with van der Waals surface area (Å²) in [5.41, 5.74) is -0.845. The normalized spacial score (nSPS) is 15.9. The van der Waals surface area contributed by atoms with Crippen molar-refractivity contribution in [1.29, 1.82) is 0 Å². The molecule has 0 aliphatic heterocycles. The molecule has 3 heteroatoms. The van der Waals surface area contributed by atoms with E-state index in [2.05, 4.69) is 0 Å². The van der Waals surface area contributed by atoms with E-state index in [1.807, 2.05) is 6.92 Å². The SMILES string of the molecule is CC(CO)N(C)C(C)(C)O. The summed E-state index contributed by atoms with van der Waals surface area (Å²) in [6.45, 7) is 5.32. The Hall–Kier alpha value is -0.120. The molecule has 62 valence electrons. The van der Waals surface area contributed by atoms with Crippen molar-refractivity contribution >= 4 is 0 Å². The molecule has 0 fully saturated rings. The predicted molar refractivity (Wildman–Crippen MR) is 40.6 cm³/mol. The van der Waals surface area contributed by atoms with Crippen LogP contribution in [-0.4, -0.2) is 40.5 Å². The quantitative estimate of drug-likeness (QED) is 0.553. The average molecular weight is 147 g/mol. The van der Waals surface area contributed by atoms with Gasteiger partial charge in [-0.1, -0.05) is 0 Å². The van der Waals surface area contributed by atoms with Gasteiger partial charge in [0.05, 0.1) is 6.61 Å². The van der Waals surface area contributed by atoms with Crippen molar-refractivity contribution in [3.63, 3.8) is 0 Å². The molecule has 3 nitrogen and oxygen atoms in total. The molecule has 0 saturated heterocycles. The van der Waals surface area contributed by atoms with E-state index in [0.717, 1.165) is 0 Å². The standard InChI is InChI=1S/C7H17NO2/c1-6(5-9)8(4)7(2,3)10/h6,9-10H,5H2,1-4H3. The van der Waals surface area contributed by atoms with Crippen molar-refractivity contribution in [1.82, 2.24) is 4.90 Å². The highest BCUT2D eigenvalue weighted by Gasteiger charge is 2.23. The van der Waals surface area contributed by atoms with Crippen LogP contribution in [-0.2, 0) is 0 Å². The molecule has 0 rings (SSSR count). The molecule has 0 bridgehead atoms. The Morgan fingerprint density at radius 3 is 2.00 bits per heavy atom. The topological polar surface area (TPSA) is 43.7 Å². The summed E-state index contributed by atoms with van der Waals surface area (Å²) in [6, 6.07) is -0.000000000000000222. The molecule has 0 heterocycles. The lowest BCUT2D eigenvalue weighted by Crippen LogP contribution is -2.47. The van der Waals surface area contributed by atoms with Crippen LogP contribution in [0.15, 0.2) is 0 Å². The van der Waals surface area contributed by atoms with Crippen LogP contribution in [0.2, 0.25) is 0 Å². The van der Waals surface area contributed by atoms with Gasteiger partial charge in [0.2, 0.25) is 0 Å². The molecule has 1 atom stereocenters. The van der Waals surface area contributed by atoms with Gasteiger partial charge in [-0.05, 0) is 27.8 Å². The van der Waals surface area contributed by atoms with E-state index in [9.17, 15) is 5.11 Å². The maximum absolute atomic E-state index is 9.40. The fraction of sp³-hybridized carbons (Fsp3) is 1.00. The highest BCUT2D eigenvalue weighted by molar-refractivity contribution is 4.70. The van der Waals surface area contributed by atoms with E-state index in [1.165, 1.54) is 0 Å². The van der Waals surface area contributed by atoms with Gasteiger partial charge in [-0.3, -0.25) is 4.90 Å². The lowest BCUT2D eigenvalue weighted by molar-refractivity contribution is -0.0901. The van der Waals surface area contributed by atoms with Gasteiger partial charge in [-0.2, -0.15) is 0 Å².